The van der Waals surface area contributed by atoms with Gasteiger partial charge in [-0.15, -0.1) is 0 Å². The fourth-order valence-electron chi connectivity index (χ4n) is 5.50. The zero-order chi connectivity index (χ0) is 26.9. The number of rotatable bonds is 10. The lowest BCUT2D eigenvalue weighted by Crippen LogP contribution is -2.08. The highest BCUT2D eigenvalue weighted by atomic mass is 32.2. The van der Waals surface area contributed by atoms with Gasteiger partial charge in [-0.25, -0.2) is 8.42 Å². The second-order valence-electron chi connectivity index (χ2n) is 10.6. The third-order valence-electron chi connectivity index (χ3n) is 7.56. The first kappa shape index (κ1) is 26.4. The number of carboxylic acids is 1. The monoisotopic (exact) mass is 534 g/mol. The molecule has 0 saturated heterocycles. The normalized spacial score (nSPS) is 18.3. The molecule has 2 atom stereocenters. The van der Waals surface area contributed by atoms with Crippen LogP contribution < -0.4 is 4.74 Å². The quantitative estimate of drug-likeness (QED) is 0.347. The molecule has 38 heavy (non-hydrogen) atoms. The van der Waals surface area contributed by atoms with E-state index in [9.17, 15) is 18.3 Å². The first-order chi connectivity index (χ1) is 18.2. The summed E-state index contributed by atoms with van der Waals surface area (Å²) in [6.45, 7) is 3.47. The molecule has 7 heteroatoms. The zero-order valence-corrected chi connectivity index (χ0v) is 22.7. The smallest absolute Gasteiger partial charge is 0.307 e. The molecule has 0 bridgehead atoms. The van der Waals surface area contributed by atoms with Gasteiger partial charge in [-0.2, -0.15) is 0 Å². The molecule has 1 heterocycles. The molecule has 0 radical (unpaired) electrons. The van der Waals surface area contributed by atoms with E-state index in [1.165, 1.54) is 34.1 Å². The number of hydrogen-bond donors (Lipinski definition) is 1. The molecule has 1 aliphatic heterocycles. The van der Waals surface area contributed by atoms with E-state index in [-0.39, 0.29) is 17.6 Å². The summed E-state index contributed by atoms with van der Waals surface area (Å²) < 4.78 is 34.8. The van der Waals surface area contributed by atoms with Crippen molar-refractivity contribution in [1.82, 2.24) is 0 Å². The largest absolute Gasteiger partial charge is 0.494 e. The van der Waals surface area contributed by atoms with E-state index >= 15 is 0 Å². The Balaban J connectivity index is 1.30. The van der Waals surface area contributed by atoms with Crippen LogP contribution in [0.2, 0.25) is 0 Å². The van der Waals surface area contributed by atoms with Crippen LogP contribution in [0.3, 0.4) is 0 Å². The predicted molar refractivity (Wildman–Crippen MR) is 147 cm³/mol. The van der Waals surface area contributed by atoms with E-state index in [4.69, 9.17) is 9.47 Å². The van der Waals surface area contributed by atoms with E-state index in [0.29, 0.717) is 26.2 Å². The maximum atomic E-state index is 11.4. The highest BCUT2D eigenvalue weighted by Gasteiger charge is 2.44. The van der Waals surface area contributed by atoms with E-state index in [1.807, 2.05) is 12.1 Å². The highest BCUT2D eigenvalue weighted by Crippen LogP contribution is 2.47. The number of sulfone groups is 1. The van der Waals surface area contributed by atoms with Gasteiger partial charge >= 0.3 is 5.97 Å². The molecule has 200 valence electrons. The average Bonchev–Trinajstić information content (AvgIpc) is 3.69. The minimum Gasteiger partial charge on any atom is -0.494 e. The number of aryl methyl sites for hydroxylation is 3. The topological polar surface area (TPSA) is 89.9 Å². The van der Waals surface area contributed by atoms with Crippen molar-refractivity contribution in [3.63, 3.8) is 0 Å². The van der Waals surface area contributed by atoms with Gasteiger partial charge in [0.05, 0.1) is 31.5 Å². The third kappa shape index (κ3) is 6.11. The Morgan fingerprint density at radius 2 is 1.87 bits per heavy atom. The Morgan fingerprint density at radius 3 is 2.58 bits per heavy atom. The molecule has 0 unspecified atom stereocenters. The summed E-state index contributed by atoms with van der Waals surface area (Å²) in [5, 5.41) is 9.19. The lowest BCUT2D eigenvalue weighted by Gasteiger charge is -2.17. The Bertz CT molecular complexity index is 1440. The average molecular weight is 535 g/mol. The SMILES string of the molecule is Cc1cc(OCCCS(C)(=O)=O)cc2c1-c1cccc(CCc3ccc([C@H]4C[C@@H]4C(=O)O)cc3)c1COC2. The van der Waals surface area contributed by atoms with Crippen LogP contribution in [0.15, 0.2) is 54.6 Å². The van der Waals surface area contributed by atoms with E-state index in [2.05, 4.69) is 49.4 Å². The molecule has 1 saturated carbocycles. The Morgan fingerprint density at radius 1 is 1.08 bits per heavy atom. The van der Waals surface area contributed by atoms with Crippen LogP contribution in [-0.4, -0.2) is 38.1 Å². The molecule has 6 nitrogen and oxygen atoms in total. The first-order valence-corrected chi connectivity index (χ1v) is 15.2. The Kier molecular flexibility index (Phi) is 7.59. The summed E-state index contributed by atoms with van der Waals surface area (Å²) in [7, 11) is -2.99. The summed E-state index contributed by atoms with van der Waals surface area (Å²) >= 11 is 0. The summed E-state index contributed by atoms with van der Waals surface area (Å²) in [5.74, 6) is 0.0877. The number of carbonyl (C=O) groups is 1. The molecular formula is C31H34O6S. The molecule has 5 rings (SSSR count). The Hall–Kier alpha value is -3.16. The van der Waals surface area contributed by atoms with Crippen LogP contribution in [0.5, 0.6) is 5.75 Å². The standard InChI is InChI=1S/C31H34O6S/c1-20-15-25(37-13-4-14-38(2,34)35)16-24-18-36-19-29-22(5-3-6-26(29)30(20)24)10-7-21-8-11-23(12-9-21)27-17-28(27)31(32)33/h3,5-6,8-9,11-12,15-16,27-28H,4,7,10,13-14,17-19H2,1-2H3,(H,32,33)/t27-,28+/m1/s1. The van der Waals surface area contributed by atoms with Crippen molar-refractivity contribution in [3.8, 4) is 16.9 Å². The molecule has 0 amide bonds. The van der Waals surface area contributed by atoms with Crippen molar-refractivity contribution in [2.24, 2.45) is 5.92 Å². The van der Waals surface area contributed by atoms with Gasteiger partial charge in [-0.1, -0.05) is 42.5 Å². The molecule has 2 aliphatic rings. The predicted octanol–water partition coefficient (Wildman–Crippen LogP) is 5.48. The van der Waals surface area contributed by atoms with Gasteiger partial charge < -0.3 is 14.6 Å². The summed E-state index contributed by atoms with van der Waals surface area (Å²) in [4.78, 5) is 11.2. The van der Waals surface area contributed by atoms with Crippen molar-refractivity contribution in [2.45, 2.75) is 51.7 Å². The van der Waals surface area contributed by atoms with Gasteiger partial charge in [0.25, 0.3) is 0 Å². The van der Waals surface area contributed by atoms with Crippen molar-refractivity contribution < 1.29 is 27.8 Å². The van der Waals surface area contributed by atoms with Gasteiger partial charge in [0, 0.05) is 6.26 Å². The van der Waals surface area contributed by atoms with Crippen molar-refractivity contribution in [3.05, 3.63) is 88.0 Å². The molecule has 3 aromatic carbocycles. The number of benzene rings is 3. The van der Waals surface area contributed by atoms with Crippen molar-refractivity contribution in [1.29, 1.82) is 0 Å². The van der Waals surface area contributed by atoms with Gasteiger partial charge in [-0.3, -0.25) is 4.79 Å². The van der Waals surface area contributed by atoms with Crippen LogP contribution >= 0.6 is 0 Å². The zero-order valence-electron chi connectivity index (χ0n) is 21.9. The van der Waals surface area contributed by atoms with Crippen LogP contribution in [0, 0.1) is 12.8 Å². The van der Waals surface area contributed by atoms with Crippen molar-refractivity contribution in [2.75, 3.05) is 18.6 Å². The van der Waals surface area contributed by atoms with Gasteiger partial charge in [0.15, 0.2) is 0 Å². The lowest BCUT2D eigenvalue weighted by atomic mass is 9.89. The third-order valence-corrected chi connectivity index (χ3v) is 8.59. The van der Waals surface area contributed by atoms with Crippen LogP contribution in [0.25, 0.3) is 11.1 Å². The number of ether oxygens (including phenoxy) is 2. The molecule has 0 aromatic heterocycles. The Labute approximate surface area is 224 Å². The number of fused-ring (bicyclic) bond motifs is 3. The minimum absolute atomic E-state index is 0.117. The van der Waals surface area contributed by atoms with E-state index in [1.54, 1.807) is 0 Å². The van der Waals surface area contributed by atoms with Gasteiger partial charge in [0.1, 0.15) is 15.6 Å². The fourth-order valence-corrected chi connectivity index (χ4v) is 6.14. The number of carboxylic acid groups (broad SMARTS) is 1. The lowest BCUT2D eigenvalue weighted by molar-refractivity contribution is -0.138. The highest BCUT2D eigenvalue weighted by molar-refractivity contribution is 7.90. The molecule has 1 aliphatic carbocycles. The maximum Gasteiger partial charge on any atom is 0.307 e. The molecule has 1 fully saturated rings. The van der Waals surface area contributed by atoms with Gasteiger partial charge in [0.2, 0.25) is 0 Å². The first-order valence-electron chi connectivity index (χ1n) is 13.1. The minimum atomic E-state index is -2.99. The number of hydrogen-bond acceptors (Lipinski definition) is 5. The molecular weight excluding hydrogens is 500 g/mol. The van der Waals surface area contributed by atoms with Crippen LogP contribution in [-0.2, 0) is 45.4 Å². The second-order valence-corrected chi connectivity index (χ2v) is 12.8. The van der Waals surface area contributed by atoms with E-state index < -0.39 is 15.8 Å². The van der Waals surface area contributed by atoms with Crippen molar-refractivity contribution >= 4 is 15.8 Å². The van der Waals surface area contributed by atoms with Gasteiger partial charge in [-0.05, 0) is 95.2 Å². The fraction of sp³-hybridized carbons (Fsp3) is 0.387. The summed E-state index contributed by atoms with van der Waals surface area (Å²) in [5.41, 5.74) is 9.42. The van der Waals surface area contributed by atoms with E-state index in [0.717, 1.165) is 41.7 Å². The summed E-state index contributed by atoms with van der Waals surface area (Å²) in [6.07, 6.45) is 4.23. The van der Waals surface area contributed by atoms with Crippen LogP contribution in [0.4, 0.5) is 0 Å². The summed E-state index contributed by atoms with van der Waals surface area (Å²) in [6, 6.07) is 18.9. The maximum absolute atomic E-state index is 11.4. The second kappa shape index (κ2) is 10.9. The van der Waals surface area contributed by atoms with Crippen LogP contribution in [0.1, 0.15) is 52.1 Å². The molecule has 3 aromatic rings. The molecule has 1 N–H and O–H groups in total. The molecule has 0 spiro atoms. The number of aliphatic carboxylic acids is 1.